The minimum Gasteiger partial charge on any atom is -0.381 e. The molecular formula is C14H12FNO4S. The largest absolute Gasteiger partial charge is 0.381 e. The van der Waals surface area contributed by atoms with E-state index in [4.69, 9.17) is 9.92 Å². The van der Waals surface area contributed by atoms with E-state index in [0.717, 1.165) is 12.1 Å². The summed E-state index contributed by atoms with van der Waals surface area (Å²) in [4.78, 5) is 11.2. The highest BCUT2D eigenvalue weighted by atomic mass is 32.2. The Labute approximate surface area is 121 Å². The molecular weight excluding hydrogens is 297 g/mol. The second-order valence-electron chi connectivity index (χ2n) is 4.27. The summed E-state index contributed by atoms with van der Waals surface area (Å²) >= 11 is 0. The maximum atomic E-state index is 12.8. The van der Waals surface area contributed by atoms with Gasteiger partial charge in [0.15, 0.2) is 5.75 Å². The van der Waals surface area contributed by atoms with Crippen molar-refractivity contribution in [2.45, 2.75) is 5.75 Å². The molecule has 110 valence electrons. The van der Waals surface area contributed by atoms with Gasteiger partial charge in [-0.05, 0) is 29.8 Å². The molecule has 21 heavy (non-hydrogen) atoms. The van der Waals surface area contributed by atoms with Gasteiger partial charge in [-0.3, -0.25) is 4.79 Å². The van der Waals surface area contributed by atoms with E-state index in [0.29, 0.717) is 5.56 Å². The molecule has 0 radical (unpaired) electrons. The number of carbonyl (C=O) groups excluding carboxylic acids is 1. The van der Waals surface area contributed by atoms with Gasteiger partial charge in [-0.1, -0.05) is 24.3 Å². The Bertz CT molecular complexity index is 757. The van der Waals surface area contributed by atoms with Crippen LogP contribution in [0.25, 0.3) is 0 Å². The molecule has 1 amide bonds. The van der Waals surface area contributed by atoms with Gasteiger partial charge in [0.2, 0.25) is 0 Å². The Balaban J connectivity index is 2.22. The summed E-state index contributed by atoms with van der Waals surface area (Å²) in [5, 5.41) is 0. The van der Waals surface area contributed by atoms with Crippen molar-refractivity contribution in [1.29, 1.82) is 0 Å². The first-order valence-corrected chi connectivity index (χ1v) is 7.50. The van der Waals surface area contributed by atoms with Crippen LogP contribution < -0.4 is 9.92 Å². The molecule has 0 fully saturated rings. The molecule has 2 aromatic rings. The van der Waals surface area contributed by atoms with Crippen LogP contribution in [-0.2, 0) is 15.9 Å². The SMILES string of the molecule is NC(=O)c1ccccc1OS(=O)(=O)Cc1ccc(F)cc1. The maximum Gasteiger partial charge on any atom is 0.313 e. The molecule has 0 atom stereocenters. The van der Waals surface area contributed by atoms with Crippen molar-refractivity contribution in [2.24, 2.45) is 5.73 Å². The molecule has 7 heteroatoms. The molecule has 0 aliphatic heterocycles. The number of para-hydroxylation sites is 1. The van der Waals surface area contributed by atoms with Crippen molar-refractivity contribution in [3.05, 3.63) is 65.5 Å². The lowest BCUT2D eigenvalue weighted by Crippen LogP contribution is -2.17. The monoisotopic (exact) mass is 309 g/mol. The highest BCUT2D eigenvalue weighted by Crippen LogP contribution is 2.20. The summed E-state index contributed by atoms with van der Waals surface area (Å²) < 4.78 is 41.6. The highest BCUT2D eigenvalue weighted by Gasteiger charge is 2.18. The Morgan fingerprint density at radius 2 is 1.71 bits per heavy atom. The van der Waals surface area contributed by atoms with Gasteiger partial charge < -0.3 is 9.92 Å². The van der Waals surface area contributed by atoms with Crippen LogP contribution in [0, 0.1) is 5.82 Å². The fourth-order valence-electron chi connectivity index (χ4n) is 1.69. The smallest absolute Gasteiger partial charge is 0.313 e. The number of halogens is 1. The van der Waals surface area contributed by atoms with E-state index in [-0.39, 0.29) is 11.3 Å². The Morgan fingerprint density at radius 1 is 1.10 bits per heavy atom. The Morgan fingerprint density at radius 3 is 2.33 bits per heavy atom. The third-order valence-electron chi connectivity index (χ3n) is 2.63. The number of amides is 1. The van der Waals surface area contributed by atoms with Crippen molar-refractivity contribution in [1.82, 2.24) is 0 Å². The molecule has 0 aliphatic rings. The number of rotatable bonds is 5. The van der Waals surface area contributed by atoms with Crippen LogP contribution in [0.15, 0.2) is 48.5 Å². The van der Waals surface area contributed by atoms with Crippen LogP contribution in [-0.4, -0.2) is 14.3 Å². The molecule has 0 unspecified atom stereocenters. The number of nitrogens with two attached hydrogens (primary N) is 1. The topological polar surface area (TPSA) is 86.5 Å². The third-order valence-corrected chi connectivity index (χ3v) is 3.75. The van der Waals surface area contributed by atoms with E-state index < -0.39 is 27.6 Å². The fourth-order valence-corrected chi connectivity index (χ4v) is 2.77. The van der Waals surface area contributed by atoms with Gasteiger partial charge in [0.25, 0.3) is 5.91 Å². The summed E-state index contributed by atoms with van der Waals surface area (Å²) in [5.74, 6) is -1.83. The van der Waals surface area contributed by atoms with Gasteiger partial charge in [0, 0.05) is 0 Å². The van der Waals surface area contributed by atoms with Crippen LogP contribution in [0.3, 0.4) is 0 Å². The first-order chi connectivity index (χ1) is 9.87. The predicted octanol–water partition coefficient (Wildman–Crippen LogP) is 1.83. The van der Waals surface area contributed by atoms with Crippen LogP contribution in [0.5, 0.6) is 5.75 Å². The van der Waals surface area contributed by atoms with Crippen LogP contribution in [0.1, 0.15) is 15.9 Å². The molecule has 0 spiro atoms. The first-order valence-electron chi connectivity index (χ1n) is 5.93. The van der Waals surface area contributed by atoms with Crippen molar-refractivity contribution in [3.63, 3.8) is 0 Å². The van der Waals surface area contributed by atoms with Crippen molar-refractivity contribution >= 4 is 16.0 Å². The molecule has 2 N–H and O–H groups in total. The summed E-state index contributed by atoms with van der Waals surface area (Å²) in [6.07, 6.45) is 0. The quantitative estimate of drug-likeness (QED) is 0.854. The number of carbonyl (C=O) groups is 1. The van der Waals surface area contributed by atoms with Crippen LogP contribution >= 0.6 is 0 Å². The van der Waals surface area contributed by atoms with Crippen LogP contribution in [0.4, 0.5) is 4.39 Å². The van der Waals surface area contributed by atoms with Crippen molar-refractivity contribution < 1.29 is 21.8 Å². The highest BCUT2D eigenvalue weighted by molar-refractivity contribution is 7.86. The standard InChI is InChI=1S/C14H12FNO4S/c15-11-7-5-10(6-8-11)9-21(18,19)20-13-4-2-1-3-12(13)14(16)17/h1-8H,9H2,(H2,16,17). The lowest BCUT2D eigenvalue weighted by atomic mass is 10.2. The Kier molecular flexibility index (Phi) is 4.23. The van der Waals surface area contributed by atoms with E-state index in [1.807, 2.05) is 0 Å². The molecule has 2 rings (SSSR count). The van der Waals surface area contributed by atoms with Crippen molar-refractivity contribution in [3.8, 4) is 5.75 Å². The van der Waals surface area contributed by atoms with E-state index in [1.165, 1.54) is 30.3 Å². The zero-order valence-corrected chi connectivity index (χ0v) is 11.6. The second-order valence-corrected chi connectivity index (χ2v) is 5.84. The van der Waals surface area contributed by atoms with Gasteiger partial charge in [-0.2, -0.15) is 8.42 Å². The van der Waals surface area contributed by atoms with E-state index in [1.54, 1.807) is 6.07 Å². The van der Waals surface area contributed by atoms with Gasteiger partial charge in [-0.25, -0.2) is 4.39 Å². The maximum absolute atomic E-state index is 12.8. The van der Waals surface area contributed by atoms with Gasteiger partial charge >= 0.3 is 10.1 Å². The molecule has 0 saturated heterocycles. The van der Waals surface area contributed by atoms with Gasteiger partial charge in [-0.15, -0.1) is 0 Å². The predicted molar refractivity (Wildman–Crippen MR) is 74.6 cm³/mol. The van der Waals surface area contributed by atoms with Crippen LogP contribution in [0.2, 0.25) is 0 Å². The molecule has 0 bridgehead atoms. The lowest BCUT2D eigenvalue weighted by Gasteiger charge is -2.09. The number of benzene rings is 2. The summed E-state index contributed by atoms with van der Waals surface area (Å²) in [5.41, 5.74) is 5.49. The average Bonchev–Trinajstić information content (AvgIpc) is 2.41. The summed E-state index contributed by atoms with van der Waals surface area (Å²) in [7, 11) is -3.99. The minimum atomic E-state index is -3.99. The first kappa shape index (κ1) is 15.0. The molecule has 2 aromatic carbocycles. The van der Waals surface area contributed by atoms with E-state index in [2.05, 4.69) is 0 Å². The summed E-state index contributed by atoms with van der Waals surface area (Å²) in [6, 6.07) is 10.8. The minimum absolute atomic E-state index is 0.0276. The molecule has 0 heterocycles. The number of hydrogen-bond donors (Lipinski definition) is 1. The molecule has 0 aromatic heterocycles. The number of hydrogen-bond acceptors (Lipinski definition) is 4. The molecule has 5 nitrogen and oxygen atoms in total. The van der Waals surface area contributed by atoms with Gasteiger partial charge in [0.05, 0.1) is 5.56 Å². The zero-order chi connectivity index (χ0) is 15.5. The third kappa shape index (κ3) is 4.03. The van der Waals surface area contributed by atoms with Gasteiger partial charge in [0.1, 0.15) is 11.6 Å². The molecule has 0 aliphatic carbocycles. The summed E-state index contributed by atoms with van der Waals surface area (Å²) in [6.45, 7) is 0. The number of primary amides is 1. The van der Waals surface area contributed by atoms with Crippen molar-refractivity contribution in [2.75, 3.05) is 0 Å². The normalized spacial score (nSPS) is 11.1. The fraction of sp³-hybridized carbons (Fsp3) is 0.0714. The zero-order valence-electron chi connectivity index (χ0n) is 10.8. The lowest BCUT2D eigenvalue weighted by molar-refractivity contribution is 0.0999. The molecule has 0 saturated carbocycles. The van der Waals surface area contributed by atoms with E-state index in [9.17, 15) is 17.6 Å². The Hall–Kier alpha value is -2.41. The van der Waals surface area contributed by atoms with E-state index >= 15 is 0 Å². The second kappa shape index (κ2) is 5.92. The average molecular weight is 309 g/mol.